The van der Waals surface area contributed by atoms with E-state index < -0.39 is 0 Å². The molecule has 0 saturated carbocycles. The molecule has 116 valence electrons. The third-order valence-electron chi connectivity index (χ3n) is 3.03. The standard InChI is InChI=1S/C17H14BrN3OS/c1-2-9-19-17-21(15(12-23-17)16-8-5-10-22-16)20-11-13-6-3-4-7-14(13)18/h2-8,10-12H,1,9H2. The molecule has 0 aliphatic heterocycles. The lowest BCUT2D eigenvalue weighted by atomic mass is 10.2. The first-order valence-electron chi connectivity index (χ1n) is 6.94. The Morgan fingerprint density at radius 1 is 1.26 bits per heavy atom. The molecule has 0 radical (unpaired) electrons. The van der Waals surface area contributed by atoms with Crippen LogP contribution >= 0.6 is 27.3 Å². The summed E-state index contributed by atoms with van der Waals surface area (Å²) in [5, 5.41) is 6.57. The van der Waals surface area contributed by atoms with Crippen molar-refractivity contribution in [2.75, 3.05) is 6.54 Å². The number of thiazole rings is 1. The van der Waals surface area contributed by atoms with E-state index >= 15 is 0 Å². The summed E-state index contributed by atoms with van der Waals surface area (Å²) in [5.74, 6) is 0.755. The van der Waals surface area contributed by atoms with Gasteiger partial charge in [0.15, 0.2) is 5.76 Å². The van der Waals surface area contributed by atoms with Crippen LogP contribution in [-0.2, 0) is 0 Å². The molecule has 0 saturated heterocycles. The largest absolute Gasteiger partial charge is 0.463 e. The monoisotopic (exact) mass is 387 g/mol. The molecule has 23 heavy (non-hydrogen) atoms. The maximum Gasteiger partial charge on any atom is 0.206 e. The average Bonchev–Trinajstić information content (AvgIpc) is 3.21. The van der Waals surface area contributed by atoms with Crippen molar-refractivity contribution >= 4 is 33.5 Å². The van der Waals surface area contributed by atoms with E-state index in [1.165, 1.54) is 11.3 Å². The highest BCUT2D eigenvalue weighted by Crippen LogP contribution is 2.21. The van der Waals surface area contributed by atoms with Crippen molar-refractivity contribution in [2.24, 2.45) is 10.1 Å². The van der Waals surface area contributed by atoms with Crippen LogP contribution < -0.4 is 4.80 Å². The molecule has 0 N–H and O–H groups in total. The second kappa shape index (κ2) is 7.39. The molecule has 0 unspecified atom stereocenters. The van der Waals surface area contributed by atoms with Crippen molar-refractivity contribution in [3.8, 4) is 11.5 Å². The maximum atomic E-state index is 5.49. The van der Waals surface area contributed by atoms with Crippen LogP contribution in [0.15, 0.2) is 79.7 Å². The highest BCUT2D eigenvalue weighted by atomic mass is 79.9. The molecular formula is C17H14BrN3OS. The number of benzene rings is 1. The van der Waals surface area contributed by atoms with E-state index in [2.05, 4.69) is 32.6 Å². The van der Waals surface area contributed by atoms with Crippen LogP contribution in [0.3, 0.4) is 0 Å². The third-order valence-corrected chi connectivity index (χ3v) is 4.61. The molecular weight excluding hydrogens is 374 g/mol. The van der Waals surface area contributed by atoms with E-state index in [1.54, 1.807) is 23.2 Å². The second-order valence-corrected chi connectivity index (χ2v) is 6.28. The molecule has 0 atom stereocenters. The predicted molar refractivity (Wildman–Crippen MR) is 97.8 cm³/mol. The third kappa shape index (κ3) is 3.60. The molecule has 0 aliphatic carbocycles. The molecule has 0 spiro atoms. The quantitative estimate of drug-likeness (QED) is 0.467. The minimum Gasteiger partial charge on any atom is -0.463 e. The summed E-state index contributed by atoms with van der Waals surface area (Å²) in [5.41, 5.74) is 1.86. The lowest BCUT2D eigenvalue weighted by Crippen LogP contribution is -2.12. The zero-order valence-corrected chi connectivity index (χ0v) is 14.6. The van der Waals surface area contributed by atoms with Crippen LogP contribution in [0, 0.1) is 0 Å². The summed E-state index contributed by atoms with van der Waals surface area (Å²) in [6, 6.07) is 11.7. The molecule has 2 heterocycles. The first kappa shape index (κ1) is 15.7. The van der Waals surface area contributed by atoms with E-state index in [0.29, 0.717) is 6.54 Å². The van der Waals surface area contributed by atoms with Gasteiger partial charge in [-0.05, 0) is 18.2 Å². The molecule has 3 rings (SSSR count). The van der Waals surface area contributed by atoms with Gasteiger partial charge in [0.2, 0.25) is 4.80 Å². The van der Waals surface area contributed by atoms with Crippen LogP contribution in [-0.4, -0.2) is 17.4 Å². The zero-order chi connectivity index (χ0) is 16.1. The Morgan fingerprint density at radius 3 is 2.87 bits per heavy atom. The van der Waals surface area contributed by atoms with Gasteiger partial charge in [-0.15, -0.1) is 17.9 Å². The van der Waals surface area contributed by atoms with Crippen molar-refractivity contribution in [3.63, 3.8) is 0 Å². The Bertz CT molecular complexity index is 891. The molecule has 3 aromatic rings. The molecule has 4 nitrogen and oxygen atoms in total. The van der Waals surface area contributed by atoms with Crippen molar-refractivity contribution < 1.29 is 4.42 Å². The Kier molecular flexibility index (Phi) is 5.05. The number of furan rings is 1. The summed E-state index contributed by atoms with van der Waals surface area (Å²) < 4.78 is 8.27. The van der Waals surface area contributed by atoms with Crippen molar-refractivity contribution in [2.45, 2.75) is 0 Å². The number of hydrogen-bond donors (Lipinski definition) is 0. The van der Waals surface area contributed by atoms with Crippen LogP contribution in [0.1, 0.15) is 5.56 Å². The minimum absolute atomic E-state index is 0.544. The second-order valence-electron chi connectivity index (χ2n) is 4.59. The molecule has 2 aromatic heterocycles. The van der Waals surface area contributed by atoms with Crippen LogP contribution in [0.5, 0.6) is 0 Å². The lowest BCUT2D eigenvalue weighted by Gasteiger charge is -2.01. The fourth-order valence-electron chi connectivity index (χ4n) is 1.96. The Labute approximate surface area is 146 Å². The van der Waals surface area contributed by atoms with Gasteiger partial charge in [-0.3, -0.25) is 4.99 Å². The Balaban J connectivity index is 2.07. The average molecular weight is 388 g/mol. The van der Waals surface area contributed by atoms with E-state index in [-0.39, 0.29) is 0 Å². The highest BCUT2D eigenvalue weighted by molar-refractivity contribution is 9.10. The summed E-state index contributed by atoms with van der Waals surface area (Å²) >= 11 is 5.04. The van der Waals surface area contributed by atoms with Crippen LogP contribution in [0.2, 0.25) is 0 Å². The van der Waals surface area contributed by atoms with E-state index in [0.717, 1.165) is 26.3 Å². The number of rotatable bonds is 5. The van der Waals surface area contributed by atoms with Gasteiger partial charge in [0.1, 0.15) is 5.69 Å². The molecule has 6 heteroatoms. The molecule has 0 fully saturated rings. The first-order chi connectivity index (χ1) is 11.3. The summed E-state index contributed by atoms with van der Waals surface area (Å²) in [7, 11) is 0. The normalized spacial score (nSPS) is 12.1. The zero-order valence-electron chi connectivity index (χ0n) is 12.2. The van der Waals surface area contributed by atoms with Gasteiger partial charge in [0.25, 0.3) is 0 Å². The molecule has 1 aromatic carbocycles. The molecule has 0 amide bonds. The molecule has 0 bridgehead atoms. The molecule has 0 aliphatic rings. The fourth-order valence-corrected chi connectivity index (χ4v) is 3.17. The summed E-state index contributed by atoms with van der Waals surface area (Å²) in [6.45, 7) is 4.25. The van der Waals surface area contributed by atoms with E-state index in [9.17, 15) is 0 Å². The fraction of sp³-hybridized carbons (Fsp3) is 0.0588. The number of nitrogens with zero attached hydrogens (tertiary/aromatic N) is 3. The van der Waals surface area contributed by atoms with Gasteiger partial charge in [0.05, 0.1) is 19.0 Å². The smallest absolute Gasteiger partial charge is 0.206 e. The predicted octanol–water partition coefficient (Wildman–Crippen LogP) is 4.54. The van der Waals surface area contributed by atoms with Gasteiger partial charge in [-0.1, -0.05) is 40.2 Å². The van der Waals surface area contributed by atoms with Crippen molar-refractivity contribution in [1.29, 1.82) is 0 Å². The highest BCUT2D eigenvalue weighted by Gasteiger charge is 2.09. The summed E-state index contributed by atoms with van der Waals surface area (Å²) in [6.07, 6.45) is 5.21. The SMILES string of the molecule is C=CCN=c1scc(-c2ccco2)n1N=Cc1ccccc1Br. The summed E-state index contributed by atoms with van der Waals surface area (Å²) in [4.78, 5) is 5.28. The van der Waals surface area contributed by atoms with E-state index in [4.69, 9.17) is 4.42 Å². The van der Waals surface area contributed by atoms with Gasteiger partial charge >= 0.3 is 0 Å². The first-order valence-corrected chi connectivity index (χ1v) is 8.61. The van der Waals surface area contributed by atoms with Gasteiger partial charge in [-0.2, -0.15) is 5.10 Å². The number of hydrogen-bond acceptors (Lipinski definition) is 4. The van der Waals surface area contributed by atoms with Crippen LogP contribution in [0.25, 0.3) is 11.5 Å². The topological polar surface area (TPSA) is 42.8 Å². The maximum absolute atomic E-state index is 5.49. The lowest BCUT2D eigenvalue weighted by molar-refractivity contribution is 0.575. The van der Waals surface area contributed by atoms with Gasteiger partial charge in [-0.25, -0.2) is 4.68 Å². The van der Waals surface area contributed by atoms with Gasteiger partial charge in [0, 0.05) is 15.4 Å². The van der Waals surface area contributed by atoms with Crippen molar-refractivity contribution in [3.05, 3.63) is 75.5 Å². The number of halogens is 1. The Hall–Kier alpha value is -2.18. The minimum atomic E-state index is 0.544. The van der Waals surface area contributed by atoms with Crippen molar-refractivity contribution in [1.82, 2.24) is 4.68 Å². The number of aromatic nitrogens is 1. The van der Waals surface area contributed by atoms with E-state index in [1.807, 2.05) is 41.8 Å². The van der Waals surface area contributed by atoms with Crippen LogP contribution in [0.4, 0.5) is 0 Å². The Morgan fingerprint density at radius 2 is 2.13 bits per heavy atom. The van der Waals surface area contributed by atoms with Gasteiger partial charge < -0.3 is 4.42 Å².